The molecule has 0 bridgehead atoms. The van der Waals surface area contributed by atoms with Gasteiger partial charge in [0.1, 0.15) is 0 Å². The van der Waals surface area contributed by atoms with E-state index in [1.54, 1.807) is 34.3 Å². The number of rotatable bonds is 17. The van der Waals surface area contributed by atoms with Crippen LogP contribution in [0, 0.1) is 58.3 Å². The van der Waals surface area contributed by atoms with Gasteiger partial charge < -0.3 is 0 Å². The number of hydrogen-bond donors (Lipinski definition) is 0. The first-order valence-electron chi connectivity index (χ1n) is 38.2. The van der Waals surface area contributed by atoms with Gasteiger partial charge in [-0.2, -0.15) is 0 Å². The predicted molar refractivity (Wildman–Crippen MR) is 453 cm³/mol. The third kappa shape index (κ3) is 23.8. The molecule has 0 aliphatic rings. The van der Waals surface area contributed by atoms with E-state index < -0.39 is 53.1 Å². The van der Waals surface area contributed by atoms with Crippen LogP contribution in [0.3, 0.4) is 0 Å². The van der Waals surface area contributed by atoms with Crippen LogP contribution in [0.5, 0.6) is 0 Å². The minimum absolute atomic E-state index is 0.176. The van der Waals surface area contributed by atoms with E-state index in [4.69, 9.17) is 0 Å². The van der Waals surface area contributed by atoms with E-state index in [9.17, 15) is 0 Å². The zero-order chi connectivity index (χ0) is 76.0. The Bertz CT molecular complexity index is 4100. The molecule has 0 saturated heterocycles. The molecular weight excluding hydrogens is 1450 g/mol. The zero-order valence-corrected chi connectivity index (χ0v) is 79.4. The summed E-state index contributed by atoms with van der Waals surface area (Å²) in [7, 11) is 8.81. The first-order valence-corrected chi connectivity index (χ1v) is 67.6. The molecule has 0 aliphatic heterocycles. The monoisotopic (exact) mass is 1600 g/mol. The molecule has 0 N–H and O–H groups in total. The average Bonchev–Trinajstić information content (AvgIpc) is 0.784. The molecule has 0 amide bonds. The topological polar surface area (TPSA) is 15.5 Å². The van der Waals surface area contributed by atoms with Crippen LogP contribution in [-0.2, 0) is 64.7 Å². The third-order valence-corrected chi connectivity index (χ3v) is 37.1. The standard InChI is InChI=1S/2C24H38GeN.C23H36GeN.C21H32GeN/c1-17-14-18(23(2,3)4)12-13-19(17)22-15-21(25(8,9)10)20(16-26(22)11)24(5,6)7;1-17(2)12-20-11-10-19(5)22(14-20)24-15-23(25(6,7)8)21(13-18(3)4)16-26(24)9;1-16(2)12-20-15-25(9)23(14-22(20)24(6,7)8)21-13-19(17(3)4)11-10-18(21)5;1-15(2)11-18-14-23(8)21(13-20(18)22(5,6)7)19-12-16(3)9-10-17(19)4/h12-16H,1-11H3;10-11,14-18H,12-13H2,1-9H3;10-11,13-17H,12H2,1-9H3;9-10,12-15H,11H2,1-8H3/q4*+1. The maximum absolute atomic E-state index is 2.53. The van der Waals surface area contributed by atoms with Gasteiger partial charge in [-0.1, -0.05) is 0 Å². The fraction of sp³-hybridized carbons (Fsp3) is 0.522. The number of benzene rings is 4. The number of nitrogens with zero attached hydrogens (tertiary/aromatic N) is 4. The Morgan fingerprint density at radius 2 is 0.660 bits per heavy atom. The Hall–Kier alpha value is -4.35. The van der Waals surface area contributed by atoms with Gasteiger partial charge in [-0.3, -0.25) is 0 Å². The van der Waals surface area contributed by atoms with Crippen LogP contribution in [-0.4, -0.2) is 53.1 Å². The Balaban J connectivity index is 0.000000241. The SMILES string of the molecule is Cc1cc(C(C)(C)C)ccc1-c1c[c]([Ge]([CH3])([CH3])[CH3])c(C(C)(C)C)c[n+]1C.Cc1ccc(C(C)C)cc1-c1c[c]([Ge]([CH3])([CH3])[CH3])c(CC(C)C)c[n+]1C.Cc1ccc(C)c(-c2c[c]([Ge]([CH3])([CH3])[CH3])c(CC(C)C)c[n+]2C)c1.Cc1ccc(CC(C)C)cc1-c1c[c]([Ge]([CH3])([CH3])[CH3])c(CC(C)C)c[n+]1C. The number of aryl methyl sites for hydroxylation is 9. The first kappa shape index (κ1) is 86.3. The molecule has 544 valence electrons. The molecule has 100 heavy (non-hydrogen) atoms. The van der Waals surface area contributed by atoms with Crippen LogP contribution in [0.25, 0.3) is 45.0 Å². The summed E-state index contributed by atoms with van der Waals surface area (Å²) in [4.78, 5) is 0. The van der Waals surface area contributed by atoms with Gasteiger partial charge in [-0.05, 0) is 0 Å². The molecule has 8 aromatic rings. The molecule has 0 atom stereocenters. The molecule has 4 aromatic carbocycles. The summed E-state index contributed by atoms with van der Waals surface area (Å²) < 4.78 is 16.0. The summed E-state index contributed by atoms with van der Waals surface area (Å²) in [6, 6.07) is 37.8. The van der Waals surface area contributed by atoms with Crippen LogP contribution >= 0.6 is 0 Å². The van der Waals surface area contributed by atoms with Crippen LogP contribution in [0.2, 0.25) is 69.1 Å². The van der Waals surface area contributed by atoms with Crippen LogP contribution in [0.1, 0.15) is 183 Å². The van der Waals surface area contributed by atoms with Crippen molar-refractivity contribution in [2.45, 2.75) is 257 Å². The van der Waals surface area contributed by atoms with Crippen LogP contribution in [0.4, 0.5) is 0 Å². The second-order valence-electron chi connectivity index (χ2n) is 38.3. The molecule has 0 fully saturated rings. The maximum atomic E-state index is 2.53. The third-order valence-electron chi connectivity index (χ3n) is 19.7. The molecule has 8 heteroatoms. The summed E-state index contributed by atoms with van der Waals surface area (Å²) in [6.07, 6.45) is 14.3. The number of pyridine rings is 4. The quantitative estimate of drug-likeness (QED) is 0.0638. The molecular formula is C92H144Ge4N4+4. The molecule has 0 radical (unpaired) electrons. The van der Waals surface area contributed by atoms with Gasteiger partial charge in [-0.15, -0.1) is 0 Å². The Morgan fingerprint density at radius 1 is 0.320 bits per heavy atom. The molecule has 0 spiro atoms. The van der Waals surface area contributed by atoms with Gasteiger partial charge in [0.15, 0.2) is 0 Å². The summed E-state index contributed by atoms with van der Waals surface area (Å²) >= 11 is -7.79. The summed E-state index contributed by atoms with van der Waals surface area (Å²) in [5, 5.41) is 0. The van der Waals surface area contributed by atoms with Crippen molar-refractivity contribution in [2.75, 3.05) is 0 Å². The minimum atomic E-state index is -1.99. The van der Waals surface area contributed by atoms with Crippen LogP contribution in [0.15, 0.2) is 122 Å². The van der Waals surface area contributed by atoms with Crippen molar-refractivity contribution in [2.24, 2.45) is 51.9 Å². The molecule has 4 aromatic heterocycles. The van der Waals surface area contributed by atoms with E-state index in [2.05, 4.69) is 383 Å². The molecule has 0 unspecified atom stereocenters. The molecule has 4 nitrogen and oxygen atoms in total. The predicted octanol–water partition coefficient (Wildman–Crippen LogP) is 20.9. The van der Waals surface area contributed by atoms with E-state index in [-0.39, 0.29) is 10.8 Å². The summed E-state index contributed by atoms with van der Waals surface area (Å²) in [5.41, 5.74) is 28.6. The van der Waals surface area contributed by atoms with Gasteiger partial charge in [0.2, 0.25) is 0 Å². The number of aromatic nitrogens is 4. The Kier molecular flexibility index (Phi) is 30.0. The van der Waals surface area contributed by atoms with Gasteiger partial charge >= 0.3 is 631 Å². The molecule has 0 aliphatic carbocycles. The van der Waals surface area contributed by atoms with Gasteiger partial charge in [0.05, 0.1) is 0 Å². The summed E-state index contributed by atoms with van der Waals surface area (Å²) in [6.45, 7) is 48.1. The molecule has 0 saturated carbocycles. The van der Waals surface area contributed by atoms with E-state index in [1.807, 2.05) is 0 Å². The fourth-order valence-corrected chi connectivity index (χ4v) is 28.7. The van der Waals surface area contributed by atoms with Crippen molar-refractivity contribution in [1.29, 1.82) is 0 Å². The van der Waals surface area contributed by atoms with Crippen LogP contribution < -0.4 is 35.9 Å². The van der Waals surface area contributed by atoms with Crippen molar-refractivity contribution in [3.63, 3.8) is 0 Å². The molecule has 8 rings (SSSR count). The normalized spacial score (nSPS) is 12.5. The van der Waals surface area contributed by atoms with Crippen molar-refractivity contribution in [3.05, 3.63) is 189 Å². The van der Waals surface area contributed by atoms with E-state index in [1.165, 1.54) is 114 Å². The van der Waals surface area contributed by atoms with Gasteiger partial charge in [-0.25, -0.2) is 0 Å². The van der Waals surface area contributed by atoms with Crippen molar-refractivity contribution in [1.82, 2.24) is 0 Å². The van der Waals surface area contributed by atoms with Crippen molar-refractivity contribution >= 4 is 70.6 Å². The Morgan fingerprint density at radius 3 is 1.01 bits per heavy atom. The first-order chi connectivity index (χ1) is 45.7. The van der Waals surface area contributed by atoms with Gasteiger partial charge in [0.25, 0.3) is 0 Å². The van der Waals surface area contributed by atoms with Gasteiger partial charge in [0, 0.05) is 0 Å². The van der Waals surface area contributed by atoms with Crippen molar-refractivity contribution < 1.29 is 18.3 Å². The Labute approximate surface area is 625 Å². The second-order valence-corrected chi connectivity index (χ2v) is 80.6. The van der Waals surface area contributed by atoms with E-state index >= 15 is 0 Å². The summed E-state index contributed by atoms with van der Waals surface area (Å²) in [5.74, 6) is 33.5. The zero-order valence-electron chi connectivity index (χ0n) is 71.1. The molecule has 4 heterocycles. The average molecular weight is 1600 g/mol. The second kappa shape index (κ2) is 34.7. The van der Waals surface area contributed by atoms with E-state index in [0.717, 1.165) is 6.42 Å². The fourth-order valence-electron chi connectivity index (χ4n) is 14.2. The number of hydrogen-bond acceptors (Lipinski definition) is 0. The van der Waals surface area contributed by atoms with E-state index in [0.29, 0.717) is 29.6 Å². The van der Waals surface area contributed by atoms with Crippen molar-refractivity contribution in [3.8, 4) is 45.0 Å².